The summed E-state index contributed by atoms with van der Waals surface area (Å²) in [5.74, 6) is 0.823. The Labute approximate surface area is 132 Å². The van der Waals surface area contributed by atoms with E-state index in [2.05, 4.69) is 23.3 Å². The van der Waals surface area contributed by atoms with Gasteiger partial charge in [-0.1, -0.05) is 6.07 Å². The summed E-state index contributed by atoms with van der Waals surface area (Å²) in [5, 5.41) is 2.91. The Morgan fingerprint density at radius 3 is 2.77 bits per heavy atom. The van der Waals surface area contributed by atoms with E-state index in [4.69, 9.17) is 9.47 Å². The van der Waals surface area contributed by atoms with Gasteiger partial charge in [0, 0.05) is 19.6 Å². The van der Waals surface area contributed by atoms with Crippen molar-refractivity contribution in [2.24, 2.45) is 0 Å². The smallest absolute Gasteiger partial charge is 0.223 e. The van der Waals surface area contributed by atoms with E-state index in [0.29, 0.717) is 19.6 Å². The monoisotopic (exact) mass is 306 g/mol. The van der Waals surface area contributed by atoms with Gasteiger partial charge in [-0.2, -0.15) is 0 Å². The molecule has 1 aliphatic rings. The molecule has 5 heteroatoms. The molecule has 0 saturated carbocycles. The summed E-state index contributed by atoms with van der Waals surface area (Å²) in [5.41, 5.74) is 2.33. The van der Waals surface area contributed by atoms with Crippen molar-refractivity contribution in [3.05, 3.63) is 29.3 Å². The predicted octanol–water partition coefficient (Wildman–Crippen LogP) is 1.52. The van der Waals surface area contributed by atoms with E-state index in [1.54, 1.807) is 0 Å². The normalized spacial score (nSPS) is 19.0. The van der Waals surface area contributed by atoms with E-state index in [0.717, 1.165) is 36.6 Å². The van der Waals surface area contributed by atoms with Gasteiger partial charge in [-0.3, -0.25) is 4.79 Å². The van der Waals surface area contributed by atoms with Crippen LogP contribution in [0.1, 0.15) is 17.5 Å². The third-order valence-electron chi connectivity index (χ3n) is 3.66. The van der Waals surface area contributed by atoms with E-state index < -0.39 is 0 Å². The molecule has 1 aromatic rings. The molecule has 2 rings (SSSR count). The van der Waals surface area contributed by atoms with Gasteiger partial charge >= 0.3 is 0 Å². The standard InChI is InChI=1S/C17H26N2O3/c1-13-8-14(2)10-15(9-13)21-6-4-17(20)18-11-16-12-19(3)5-7-22-16/h8-10,16H,4-7,11-12H2,1-3H3,(H,18,20)/t16-/m1/s1. The number of amides is 1. The van der Waals surface area contributed by atoms with Gasteiger partial charge in [0.05, 0.1) is 25.7 Å². The van der Waals surface area contributed by atoms with Gasteiger partial charge in [-0.05, 0) is 44.2 Å². The molecule has 22 heavy (non-hydrogen) atoms. The van der Waals surface area contributed by atoms with E-state index in [-0.39, 0.29) is 12.0 Å². The second-order valence-electron chi connectivity index (χ2n) is 5.98. The second-order valence-corrected chi connectivity index (χ2v) is 5.98. The number of carbonyl (C=O) groups is 1. The Hall–Kier alpha value is -1.59. The minimum Gasteiger partial charge on any atom is -0.493 e. The summed E-state index contributed by atoms with van der Waals surface area (Å²) in [7, 11) is 2.06. The largest absolute Gasteiger partial charge is 0.493 e. The van der Waals surface area contributed by atoms with Crippen molar-refractivity contribution in [3.63, 3.8) is 0 Å². The summed E-state index contributed by atoms with van der Waals surface area (Å²) in [6.07, 6.45) is 0.443. The summed E-state index contributed by atoms with van der Waals surface area (Å²) in [6.45, 7) is 7.56. The average Bonchev–Trinajstić information content (AvgIpc) is 2.44. The average molecular weight is 306 g/mol. The molecule has 1 atom stereocenters. The summed E-state index contributed by atoms with van der Waals surface area (Å²) in [6, 6.07) is 6.06. The molecule has 1 amide bonds. The fourth-order valence-corrected chi connectivity index (χ4v) is 2.58. The Morgan fingerprint density at radius 2 is 2.09 bits per heavy atom. The maximum absolute atomic E-state index is 11.8. The van der Waals surface area contributed by atoms with Crippen molar-refractivity contribution in [2.45, 2.75) is 26.4 Å². The minimum absolute atomic E-state index is 0.00111. The van der Waals surface area contributed by atoms with Gasteiger partial charge in [0.15, 0.2) is 0 Å². The molecule has 0 unspecified atom stereocenters. The second kappa shape index (κ2) is 8.15. The lowest BCUT2D eigenvalue weighted by Gasteiger charge is -2.30. The first-order valence-electron chi connectivity index (χ1n) is 7.81. The van der Waals surface area contributed by atoms with Crippen LogP contribution in [0.4, 0.5) is 0 Å². The Kier molecular flexibility index (Phi) is 6.21. The molecule has 0 radical (unpaired) electrons. The Bertz CT molecular complexity index is 484. The molecule has 0 spiro atoms. The van der Waals surface area contributed by atoms with Gasteiger partial charge in [0.1, 0.15) is 5.75 Å². The maximum Gasteiger partial charge on any atom is 0.223 e. The van der Waals surface area contributed by atoms with Gasteiger partial charge in [0.2, 0.25) is 5.91 Å². The molecule has 1 heterocycles. The van der Waals surface area contributed by atoms with Crippen molar-refractivity contribution in [2.75, 3.05) is 39.9 Å². The maximum atomic E-state index is 11.8. The van der Waals surface area contributed by atoms with E-state index >= 15 is 0 Å². The molecular weight excluding hydrogens is 280 g/mol. The molecule has 0 bridgehead atoms. The SMILES string of the molecule is Cc1cc(C)cc(OCCC(=O)NC[C@@H]2CN(C)CCO2)c1. The Balaban J connectivity index is 1.65. The number of aryl methyl sites for hydroxylation is 2. The lowest BCUT2D eigenvalue weighted by molar-refractivity contribution is -0.122. The van der Waals surface area contributed by atoms with E-state index in [1.807, 2.05) is 26.0 Å². The highest BCUT2D eigenvalue weighted by molar-refractivity contribution is 5.76. The summed E-state index contributed by atoms with van der Waals surface area (Å²) in [4.78, 5) is 14.0. The van der Waals surface area contributed by atoms with E-state index in [1.165, 1.54) is 0 Å². The van der Waals surface area contributed by atoms with Crippen LogP contribution < -0.4 is 10.1 Å². The highest BCUT2D eigenvalue weighted by atomic mass is 16.5. The van der Waals surface area contributed by atoms with Crippen LogP contribution in [0, 0.1) is 13.8 Å². The number of morpholine rings is 1. The first-order chi connectivity index (χ1) is 10.5. The molecule has 5 nitrogen and oxygen atoms in total. The molecule has 1 N–H and O–H groups in total. The minimum atomic E-state index is 0.00111. The number of hydrogen-bond donors (Lipinski definition) is 1. The van der Waals surface area contributed by atoms with Crippen LogP contribution in [0.25, 0.3) is 0 Å². The van der Waals surface area contributed by atoms with Crippen LogP contribution in [0.3, 0.4) is 0 Å². The lowest BCUT2D eigenvalue weighted by Crippen LogP contribution is -2.46. The van der Waals surface area contributed by atoms with Crippen LogP contribution >= 0.6 is 0 Å². The molecule has 1 fully saturated rings. The summed E-state index contributed by atoms with van der Waals surface area (Å²) < 4.78 is 11.3. The molecular formula is C17H26N2O3. The Morgan fingerprint density at radius 1 is 1.36 bits per heavy atom. The number of nitrogens with zero attached hydrogens (tertiary/aromatic N) is 1. The molecule has 0 aliphatic carbocycles. The predicted molar refractivity (Wildman–Crippen MR) is 86.3 cm³/mol. The first kappa shape index (κ1) is 16.8. The number of ether oxygens (including phenoxy) is 2. The lowest BCUT2D eigenvalue weighted by atomic mass is 10.1. The zero-order valence-corrected chi connectivity index (χ0v) is 13.7. The topological polar surface area (TPSA) is 50.8 Å². The van der Waals surface area contributed by atoms with Crippen LogP contribution in [-0.2, 0) is 9.53 Å². The zero-order chi connectivity index (χ0) is 15.9. The van der Waals surface area contributed by atoms with Crippen molar-refractivity contribution in [3.8, 4) is 5.75 Å². The van der Waals surface area contributed by atoms with Crippen LogP contribution in [-0.4, -0.2) is 56.8 Å². The summed E-state index contributed by atoms with van der Waals surface area (Å²) >= 11 is 0. The molecule has 1 aromatic carbocycles. The first-order valence-corrected chi connectivity index (χ1v) is 7.81. The third kappa shape index (κ3) is 5.66. The number of likely N-dealkylation sites (N-methyl/N-ethyl adjacent to an activating group) is 1. The third-order valence-corrected chi connectivity index (χ3v) is 3.66. The zero-order valence-electron chi connectivity index (χ0n) is 13.7. The van der Waals surface area contributed by atoms with Crippen molar-refractivity contribution in [1.82, 2.24) is 10.2 Å². The van der Waals surface area contributed by atoms with Crippen molar-refractivity contribution < 1.29 is 14.3 Å². The van der Waals surface area contributed by atoms with Gasteiger partial charge in [-0.15, -0.1) is 0 Å². The van der Waals surface area contributed by atoms with Crippen LogP contribution in [0.5, 0.6) is 5.75 Å². The van der Waals surface area contributed by atoms with Crippen LogP contribution in [0.15, 0.2) is 18.2 Å². The van der Waals surface area contributed by atoms with Gasteiger partial charge < -0.3 is 19.7 Å². The van der Waals surface area contributed by atoms with Crippen LogP contribution in [0.2, 0.25) is 0 Å². The molecule has 1 aliphatic heterocycles. The van der Waals surface area contributed by atoms with Gasteiger partial charge in [0.25, 0.3) is 0 Å². The number of rotatable bonds is 6. The number of hydrogen-bond acceptors (Lipinski definition) is 4. The van der Waals surface area contributed by atoms with Crippen molar-refractivity contribution >= 4 is 5.91 Å². The van der Waals surface area contributed by atoms with Crippen molar-refractivity contribution in [1.29, 1.82) is 0 Å². The fourth-order valence-electron chi connectivity index (χ4n) is 2.58. The molecule has 0 aromatic heterocycles. The fraction of sp³-hybridized carbons (Fsp3) is 0.588. The quantitative estimate of drug-likeness (QED) is 0.866. The van der Waals surface area contributed by atoms with E-state index in [9.17, 15) is 4.79 Å². The molecule has 1 saturated heterocycles. The number of carbonyl (C=O) groups excluding carboxylic acids is 1. The molecule has 122 valence electrons. The highest BCUT2D eigenvalue weighted by Gasteiger charge is 2.18. The van der Waals surface area contributed by atoms with Gasteiger partial charge in [-0.25, -0.2) is 0 Å². The number of nitrogens with one attached hydrogen (secondary N) is 1. The highest BCUT2D eigenvalue weighted by Crippen LogP contribution is 2.16. The number of benzene rings is 1.